The third-order valence-electron chi connectivity index (χ3n) is 0.766. The summed E-state index contributed by atoms with van der Waals surface area (Å²) in [5.74, 6) is -0.301. The summed E-state index contributed by atoms with van der Waals surface area (Å²) in [4.78, 5) is 20.1. The van der Waals surface area contributed by atoms with Gasteiger partial charge in [-0.15, -0.1) is 0 Å². The van der Waals surface area contributed by atoms with E-state index >= 15 is 0 Å². The highest BCUT2D eigenvalue weighted by molar-refractivity contribution is 5.71. The van der Waals surface area contributed by atoms with Crippen LogP contribution in [0.1, 0.15) is 19.8 Å². The van der Waals surface area contributed by atoms with Gasteiger partial charge in [-0.25, -0.2) is 0 Å². The van der Waals surface area contributed by atoms with Crippen LogP contribution in [0.3, 0.4) is 0 Å². The molecule has 0 saturated heterocycles. The number of ether oxygens (including phenoxy) is 1. The van der Waals surface area contributed by atoms with Gasteiger partial charge in [-0.05, 0) is 6.42 Å². The SMILES string of the molecule is CCCC(=O)OCC=O. The van der Waals surface area contributed by atoms with Crippen molar-refractivity contribution in [3.8, 4) is 0 Å². The average molecular weight is 130 g/mol. The number of aldehydes is 1. The smallest absolute Gasteiger partial charge is 0.306 e. The maximum Gasteiger partial charge on any atom is 0.306 e. The Labute approximate surface area is 54.0 Å². The predicted octanol–water partition coefficient (Wildman–Crippen LogP) is 0.529. The van der Waals surface area contributed by atoms with Crippen molar-refractivity contribution in [3.05, 3.63) is 0 Å². The summed E-state index contributed by atoms with van der Waals surface area (Å²) in [5.41, 5.74) is 0. The molecule has 3 heteroatoms. The maximum atomic E-state index is 10.4. The number of rotatable bonds is 4. The molecule has 0 rings (SSSR count). The zero-order valence-electron chi connectivity index (χ0n) is 5.42. The first kappa shape index (κ1) is 8.14. The van der Waals surface area contributed by atoms with Gasteiger partial charge in [0.1, 0.15) is 6.61 Å². The molecule has 0 radical (unpaired) electrons. The van der Waals surface area contributed by atoms with E-state index in [2.05, 4.69) is 4.74 Å². The molecular weight excluding hydrogens is 120 g/mol. The fourth-order valence-corrected chi connectivity index (χ4v) is 0.403. The van der Waals surface area contributed by atoms with E-state index < -0.39 is 0 Å². The lowest BCUT2D eigenvalue weighted by molar-refractivity contribution is -0.145. The fraction of sp³-hybridized carbons (Fsp3) is 0.667. The fourth-order valence-electron chi connectivity index (χ4n) is 0.403. The van der Waals surface area contributed by atoms with Crippen molar-refractivity contribution >= 4 is 12.3 Å². The number of hydrogen-bond acceptors (Lipinski definition) is 3. The summed E-state index contributed by atoms with van der Waals surface area (Å²) in [6.07, 6.45) is 1.72. The topological polar surface area (TPSA) is 43.4 Å². The first-order chi connectivity index (χ1) is 4.31. The molecule has 0 spiro atoms. The minimum absolute atomic E-state index is 0.112. The van der Waals surface area contributed by atoms with E-state index in [1.165, 1.54) is 0 Å². The Morgan fingerprint density at radius 3 is 2.78 bits per heavy atom. The molecule has 9 heavy (non-hydrogen) atoms. The number of carbonyl (C=O) groups excluding carboxylic acids is 2. The van der Waals surface area contributed by atoms with Gasteiger partial charge in [-0.2, -0.15) is 0 Å². The number of carbonyl (C=O) groups is 2. The van der Waals surface area contributed by atoms with E-state index in [0.29, 0.717) is 12.7 Å². The average Bonchev–Trinajstić information content (AvgIpc) is 1.85. The van der Waals surface area contributed by atoms with Crippen molar-refractivity contribution in [2.24, 2.45) is 0 Å². The summed E-state index contributed by atoms with van der Waals surface area (Å²) in [6, 6.07) is 0. The number of hydrogen-bond donors (Lipinski definition) is 0. The van der Waals surface area contributed by atoms with E-state index in [0.717, 1.165) is 6.42 Å². The second kappa shape index (κ2) is 5.28. The lowest BCUT2D eigenvalue weighted by Crippen LogP contribution is -2.05. The Hall–Kier alpha value is -0.860. The van der Waals surface area contributed by atoms with Crippen LogP contribution in [0.15, 0.2) is 0 Å². The molecule has 0 saturated carbocycles. The Morgan fingerprint density at radius 2 is 2.33 bits per heavy atom. The Kier molecular flexibility index (Phi) is 4.78. The molecular formula is C6H10O3. The minimum Gasteiger partial charge on any atom is -0.458 e. The van der Waals surface area contributed by atoms with Crippen LogP contribution in [-0.2, 0) is 14.3 Å². The zero-order valence-corrected chi connectivity index (χ0v) is 5.42. The second-order valence-electron chi connectivity index (χ2n) is 1.60. The normalized spacial score (nSPS) is 8.56. The van der Waals surface area contributed by atoms with Crippen LogP contribution in [-0.4, -0.2) is 18.9 Å². The molecule has 0 heterocycles. The van der Waals surface area contributed by atoms with Gasteiger partial charge in [0.15, 0.2) is 6.29 Å². The third kappa shape index (κ3) is 5.00. The van der Waals surface area contributed by atoms with E-state index in [4.69, 9.17) is 0 Å². The summed E-state index contributed by atoms with van der Waals surface area (Å²) in [5, 5.41) is 0. The van der Waals surface area contributed by atoms with Crippen molar-refractivity contribution in [1.29, 1.82) is 0 Å². The van der Waals surface area contributed by atoms with Crippen LogP contribution in [0.25, 0.3) is 0 Å². The van der Waals surface area contributed by atoms with Crippen molar-refractivity contribution < 1.29 is 14.3 Å². The third-order valence-corrected chi connectivity index (χ3v) is 0.766. The summed E-state index contributed by atoms with van der Waals surface area (Å²) in [7, 11) is 0. The molecule has 0 aromatic rings. The molecule has 0 aromatic carbocycles. The van der Waals surface area contributed by atoms with Crippen molar-refractivity contribution in [3.63, 3.8) is 0 Å². The zero-order chi connectivity index (χ0) is 7.11. The Bertz CT molecular complexity index is 98.5. The standard InChI is InChI=1S/C6H10O3/c1-2-3-6(8)9-5-4-7/h4H,2-3,5H2,1H3. The molecule has 0 aliphatic carbocycles. The molecule has 3 nitrogen and oxygen atoms in total. The molecule has 0 fully saturated rings. The van der Waals surface area contributed by atoms with E-state index in [-0.39, 0.29) is 12.6 Å². The Morgan fingerprint density at radius 1 is 1.67 bits per heavy atom. The summed E-state index contributed by atoms with van der Waals surface area (Å²) >= 11 is 0. The first-order valence-electron chi connectivity index (χ1n) is 2.90. The monoisotopic (exact) mass is 130 g/mol. The molecule has 0 atom stereocenters. The van der Waals surface area contributed by atoms with Gasteiger partial charge in [0, 0.05) is 6.42 Å². The van der Waals surface area contributed by atoms with Crippen molar-refractivity contribution in [2.75, 3.05) is 6.61 Å². The molecule has 52 valence electrons. The van der Waals surface area contributed by atoms with Gasteiger partial charge in [0.25, 0.3) is 0 Å². The Balaban J connectivity index is 3.16. The molecule has 0 aromatic heterocycles. The van der Waals surface area contributed by atoms with Gasteiger partial charge >= 0.3 is 5.97 Å². The van der Waals surface area contributed by atoms with Crippen LogP contribution in [0.4, 0.5) is 0 Å². The van der Waals surface area contributed by atoms with E-state index in [9.17, 15) is 9.59 Å². The highest BCUT2D eigenvalue weighted by Gasteiger charge is 1.97. The number of esters is 1. The van der Waals surface area contributed by atoms with Gasteiger partial charge in [-0.1, -0.05) is 6.92 Å². The largest absolute Gasteiger partial charge is 0.458 e. The highest BCUT2D eigenvalue weighted by atomic mass is 16.5. The van der Waals surface area contributed by atoms with Crippen LogP contribution in [0.5, 0.6) is 0 Å². The second-order valence-corrected chi connectivity index (χ2v) is 1.60. The van der Waals surface area contributed by atoms with Gasteiger partial charge in [-0.3, -0.25) is 9.59 Å². The van der Waals surface area contributed by atoms with Crippen LogP contribution >= 0.6 is 0 Å². The summed E-state index contributed by atoms with van der Waals surface area (Å²) in [6.45, 7) is 1.76. The van der Waals surface area contributed by atoms with Crippen molar-refractivity contribution in [1.82, 2.24) is 0 Å². The maximum absolute atomic E-state index is 10.4. The van der Waals surface area contributed by atoms with Crippen LogP contribution < -0.4 is 0 Å². The lowest BCUT2D eigenvalue weighted by atomic mass is 10.3. The molecule has 0 aliphatic heterocycles. The molecule has 0 N–H and O–H groups in total. The minimum atomic E-state index is -0.301. The predicted molar refractivity (Wildman–Crippen MR) is 31.9 cm³/mol. The van der Waals surface area contributed by atoms with Gasteiger partial charge in [0.2, 0.25) is 0 Å². The molecule has 0 bridgehead atoms. The highest BCUT2D eigenvalue weighted by Crippen LogP contribution is 1.88. The van der Waals surface area contributed by atoms with Crippen LogP contribution in [0, 0.1) is 0 Å². The van der Waals surface area contributed by atoms with E-state index in [1.54, 1.807) is 0 Å². The van der Waals surface area contributed by atoms with Crippen molar-refractivity contribution in [2.45, 2.75) is 19.8 Å². The molecule has 0 aliphatic rings. The molecule has 0 unspecified atom stereocenters. The lowest BCUT2D eigenvalue weighted by Gasteiger charge is -1.95. The van der Waals surface area contributed by atoms with Gasteiger partial charge in [0.05, 0.1) is 0 Å². The molecule has 0 amide bonds. The quantitative estimate of drug-likeness (QED) is 0.412. The van der Waals surface area contributed by atoms with Crippen LogP contribution in [0.2, 0.25) is 0 Å². The van der Waals surface area contributed by atoms with E-state index in [1.807, 2.05) is 6.92 Å². The first-order valence-corrected chi connectivity index (χ1v) is 2.90. The summed E-state index contributed by atoms with van der Waals surface area (Å²) < 4.78 is 4.42. The van der Waals surface area contributed by atoms with Gasteiger partial charge < -0.3 is 4.74 Å².